The molecule has 0 spiro atoms. The van der Waals surface area contributed by atoms with Gasteiger partial charge in [-0.1, -0.05) is 62.0 Å². The van der Waals surface area contributed by atoms with E-state index in [9.17, 15) is 24.8 Å². The van der Waals surface area contributed by atoms with Gasteiger partial charge < -0.3 is 38.8 Å². The Kier molecular flexibility index (Phi) is 14.4. The minimum atomic E-state index is -0.846. The molecule has 3 aromatic carbocycles. The number of thiazole rings is 1. The van der Waals surface area contributed by atoms with Crippen LogP contribution in [-0.4, -0.2) is 95.2 Å². The highest BCUT2D eigenvalue weighted by Gasteiger charge is 2.43. The number of aliphatic hydroxyl groups excluding tert-OH is 1. The summed E-state index contributed by atoms with van der Waals surface area (Å²) in [7, 11) is 0. The molecule has 4 heterocycles. The summed E-state index contributed by atoms with van der Waals surface area (Å²) in [6.45, 7) is 9.54. The summed E-state index contributed by atoms with van der Waals surface area (Å²) < 4.78 is 28.5. The lowest BCUT2D eigenvalue weighted by molar-refractivity contribution is -0.385. The Morgan fingerprint density at radius 3 is 2.33 bits per heavy atom. The monoisotopic (exact) mass is 871 g/mol. The van der Waals surface area contributed by atoms with Gasteiger partial charge in [-0.3, -0.25) is 19.7 Å². The zero-order valence-electron chi connectivity index (χ0n) is 34.4. The number of aryl methyl sites for hydroxylation is 1. The predicted molar refractivity (Wildman–Crippen MR) is 228 cm³/mol. The normalized spacial score (nSPS) is 16.8. The lowest BCUT2D eigenvalue weighted by atomic mass is 9.91. The molecule has 2 aromatic heterocycles. The first-order valence-corrected chi connectivity index (χ1v) is 21.9. The first-order valence-electron chi connectivity index (χ1n) is 20.2. The van der Waals surface area contributed by atoms with Crippen molar-refractivity contribution in [2.45, 2.75) is 74.4 Å². The summed E-state index contributed by atoms with van der Waals surface area (Å²) in [4.78, 5) is 47.3. The number of carbonyl (C=O) groups is 2. The van der Waals surface area contributed by atoms with Crippen LogP contribution >= 0.6 is 23.1 Å². The van der Waals surface area contributed by atoms with E-state index in [0.717, 1.165) is 42.6 Å². The molecule has 1 saturated heterocycles. The molecule has 2 aliphatic rings. The minimum Gasteiger partial charge on any atom is -0.491 e. The summed E-state index contributed by atoms with van der Waals surface area (Å²) in [6.07, 6.45) is 0.00370. The SMILES string of the molecule is Cc1ncsc1-c1ccc([C@H](C)NC(=O)[C@@H]2C[C@@H](O)CN2C(=O)[C@@H](c2cc(OCCOCCOCCOc3ccc4c(c3)Sc3cc([N+](=O)[O-])ccc3C4)no2)C(C)C)cc1. The Morgan fingerprint density at radius 2 is 1.64 bits per heavy atom. The highest BCUT2D eigenvalue weighted by Crippen LogP contribution is 2.42. The Balaban J connectivity index is 0.810. The molecule has 0 aliphatic carbocycles. The van der Waals surface area contributed by atoms with Crippen LogP contribution in [0.4, 0.5) is 5.69 Å². The molecular weight excluding hydrogens is 823 g/mol. The first-order chi connectivity index (χ1) is 29.4. The number of non-ortho nitro benzene ring substituents is 1. The highest BCUT2D eigenvalue weighted by atomic mass is 32.2. The quantitative estimate of drug-likeness (QED) is 0.0475. The molecule has 0 radical (unpaired) electrons. The summed E-state index contributed by atoms with van der Waals surface area (Å²) in [6, 6.07) is 19.3. The van der Waals surface area contributed by atoms with Crippen molar-refractivity contribution in [2.75, 3.05) is 46.2 Å². The molecule has 322 valence electrons. The van der Waals surface area contributed by atoms with Crippen LogP contribution in [0.15, 0.2) is 86.6 Å². The zero-order valence-corrected chi connectivity index (χ0v) is 36.0. The minimum absolute atomic E-state index is 0.0318. The van der Waals surface area contributed by atoms with Crippen LogP contribution in [0.25, 0.3) is 10.4 Å². The van der Waals surface area contributed by atoms with Gasteiger partial charge in [0, 0.05) is 41.0 Å². The number of amides is 2. The number of fused-ring (bicyclic) bond motifs is 2. The fraction of sp³-hybridized carbons (Fsp3) is 0.409. The predicted octanol–water partition coefficient (Wildman–Crippen LogP) is 7.14. The van der Waals surface area contributed by atoms with Gasteiger partial charge in [0.15, 0.2) is 5.76 Å². The molecule has 0 bridgehead atoms. The number of nitro groups is 1. The number of hydrogen-bond donors (Lipinski definition) is 2. The maximum absolute atomic E-state index is 14.0. The second-order valence-electron chi connectivity index (χ2n) is 15.3. The van der Waals surface area contributed by atoms with Crippen molar-refractivity contribution in [3.05, 3.63) is 110 Å². The highest BCUT2D eigenvalue weighted by molar-refractivity contribution is 7.99. The molecule has 0 saturated carbocycles. The maximum Gasteiger partial charge on any atom is 0.270 e. The number of β-amino-alcohol motifs (C(OH)–C–C–N with tert-alkyl or cyclic N) is 1. The standard InChI is InChI=1S/C44H49N5O10S2/c1-26(2)41(44(52)48-24-34(50)21-36(48)43(51)46-27(3)29-5-7-30(8-6-29)42-28(4)45-25-60-42)37-23-40(47-59-37)58-18-16-56-14-13-55-15-17-57-35-12-10-32-19-31-9-11-33(49(53)54)20-38(31)61-39(32)22-35/h5-12,20,22-23,25-27,34,36,41,50H,13-19,21,24H2,1-4H3,(H,46,51)/t27-,34+,36-,41+/m0/s1. The summed E-state index contributed by atoms with van der Waals surface area (Å²) in [5.41, 5.74) is 7.06. The third-order valence-corrected chi connectivity index (χ3v) is 12.8. The van der Waals surface area contributed by atoms with Crippen molar-refractivity contribution >= 4 is 40.6 Å². The number of likely N-dealkylation sites (tertiary alicyclic amines) is 1. The van der Waals surface area contributed by atoms with Crippen LogP contribution in [0.5, 0.6) is 11.6 Å². The second kappa shape index (κ2) is 20.0. The number of aliphatic hydroxyl groups is 1. The van der Waals surface area contributed by atoms with Crippen molar-refractivity contribution in [1.29, 1.82) is 0 Å². The molecule has 1 fully saturated rings. The van der Waals surface area contributed by atoms with Gasteiger partial charge in [-0.15, -0.1) is 11.3 Å². The molecule has 61 heavy (non-hydrogen) atoms. The molecule has 7 rings (SSSR count). The number of nitro benzene ring substituents is 1. The van der Waals surface area contributed by atoms with Gasteiger partial charge in [-0.25, -0.2) is 4.98 Å². The smallest absolute Gasteiger partial charge is 0.270 e. The fourth-order valence-corrected chi connectivity index (χ4v) is 9.38. The number of carbonyl (C=O) groups excluding carboxylic acids is 2. The third kappa shape index (κ3) is 10.8. The lowest BCUT2D eigenvalue weighted by Crippen LogP contribution is -2.48. The van der Waals surface area contributed by atoms with Gasteiger partial charge in [0.1, 0.15) is 30.9 Å². The van der Waals surface area contributed by atoms with Gasteiger partial charge in [0.2, 0.25) is 11.8 Å². The van der Waals surface area contributed by atoms with Crippen molar-refractivity contribution in [2.24, 2.45) is 5.92 Å². The van der Waals surface area contributed by atoms with E-state index >= 15 is 0 Å². The van der Waals surface area contributed by atoms with E-state index in [1.54, 1.807) is 29.5 Å². The van der Waals surface area contributed by atoms with E-state index in [4.69, 9.17) is 23.5 Å². The van der Waals surface area contributed by atoms with Crippen LogP contribution in [0.2, 0.25) is 0 Å². The van der Waals surface area contributed by atoms with Crippen LogP contribution in [0.3, 0.4) is 0 Å². The number of aromatic nitrogens is 2. The van der Waals surface area contributed by atoms with Gasteiger partial charge in [0.25, 0.3) is 11.6 Å². The van der Waals surface area contributed by atoms with E-state index in [2.05, 4.69) is 15.5 Å². The lowest BCUT2D eigenvalue weighted by Gasteiger charge is -2.29. The van der Waals surface area contributed by atoms with E-state index in [-0.39, 0.29) is 66.4 Å². The number of ether oxygens (including phenoxy) is 4. The molecule has 15 nitrogen and oxygen atoms in total. The number of rotatable bonds is 19. The Morgan fingerprint density at radius 1 is 0.951 bits per heavy atom. The summed E-state index contributed by atoms with van der Waals surface area (Å²) in [5.74, 6) is -0.406. The summed E-state index contributed by atoms with van der Waals surface area (Å²) in [5, 5.41) is 28.9. The maximum atomic E-state index is 14.0. The van der Waals surface area contributed by atoms with Crippen LogP contribution < -0.4 is 14.8 Å². The van der Waals surface area contributed by atoms with Gasteiger partial charge in [-0.2, -0.15) is 0 Å². The fourth-order valence-electron chi connectivity index (χ4n) is 7.43. The third-order valence-electron chi connectivity index (χ3n) is 10.6. The first kappa shape index (κ1) is 43.7. The van der Waals surface area contributed by atoms with Crippen molar-refractivity contribution in [3.63, 3.8) is 0 Å². The summed E-state index contributed by atoms with van der Waals surface area (Å²) >= 11 is 3.09. The molecule has 0 unspecified atom stereocenters. The molecule has 4 atom stereocenters. The van der Waals surface area contributed by atoms with Crippen molar-refractivity contribution in [3.8, 4) is 22.1 Å². The zero-order chi connectivity index (χ0) is 43.0. The van der Waals surface area contributed by atoms with Gasteiger partial charge in [-0.05, 0) is 65.7 Å². The molecule has 2 N–H and O–H groups in total. The average molecular weight is 872 g/mol. The van der Waals surface area contributed by atoms with Gasteiger partial charge >= 0.3 is 0 Å². The topological polar surface area (TPSA) is 189 Å². The number of hydrogen-bond acceptors (Lipinski definition) is 14. The van der Waals surface area contributed by atoms with Crippen molar-refractivity contribution in [1.82, 2.24) is 20.4 Å². The number of nitrogens with one attached hydrogen (secondary N) is 1. The Hall–Kier alpha value is -5.33. The van der Waals surface area contributed by atoms with Crippen LogP contribution in [0, 0.1) is 23.0 Å². The van der Waals surface area contributed by atoms with E-state index < -0.39 is 18.1 Å². The second-order valence-corrected chi connectivity index (χ2v) is 17.3. The number of benzene rings is 3. The number of nitrogens with zero attached hydrogens (tertiary/aromatic N) is 4. The van der Waals surface area contributed by atoms with E-state index in [0.29, 0.717) is 44.4 Å². The van der Waals surface area contributed by atoms with Gasteiger partial charge in [0.05, 0.1) is 59.6 Å². The van der Waals surface area contributed by atoms with Crippen LogP contribution in [-0.2, 0) is 25.5 Å². The molecule has 2 aliphatic heterocycles. The van der Waals surface area contributed by atoms with Crippen LogP contribution in [0.1, 0.15) is 67.3 Å². The van der Waals surface area contributed by atoms with E-state index in [1.165, 1.54) is 16.7 Å². The average Bonchev–Trinajstić information content (AvgIpc) is 4.00. The Bertz CT molecular complexity index is 2320. The molecule has 17 heteroatoms. The molecular formula is C44H49N5O10S2. The van der Waals surface area contributed by atoms with Crippen molar-refractivity contribution < 1.29 is 43.1 Å². The Labute approximate surface area is 361 Å². The largest absolute Gasteiger partial charge is 0.491 e. The van der Waals surface area contributed by atoms with E-state index in [1.807, 2.05) is 81.7 Å². The molecule has 2 amide bonds. The molecule has 5 aromatic rings.